The van der Waals surface area contributed by atoms with Crippen LogP contribution in [0, 0.1) is 0 Å². The number of thiophene rings is 4. The lowest BCUT2D eigenvalue weighted by atomic mass is 10.2. The van der Waals surface area contributed by atoms with Crippen LogP contribution in [0.3, 0.4) is 0 Å². The van der Waals surface area contributed by atoms with Crippen LogP contribution < -0.4 is 0 Å². The summed E-state index contributed by atoms with van der Waals surface area (Å²) in [5.74, 6) is 0.649. The third-order valence-corrected chi connectivity index (χ3v) is 8.32. The summed E-state index contributed by atoms with van der Waals surface area (Å²) in [6.45, 7) is 4.55. The van der Waals surface area contributed by atoms with Gasteiger partial charge in [0.25, 0.3) is 0 Å². The molecule has 0 bridgehead atoms. The molecule has 86 valence electrons. The van der Waals surface area contributed by atoms with Gasteiger partial charge in [-0.25, -0.2) is 0 Å². The highest BCUT2D eigenvalue weighted by atomic mass is 32.1. The van der Waals surface area contributed by atoms with Gasteiger partial charge in [-0.15, -0.1) is 45.3 Å². The standard InChI is InChI=1S/C13H10S4/c1-6(2)8-5-9-11(16-8)13-12(17-9)10-7(15-13)3-4-14-10/h3-6H,1-2H3. The van der Waals surface area contributed by atoms with Crippen molar-refractivity contribution in [3.05, 3.63) is 22.4 Å². The minimum absolute atomic E-state index is 0.649. The highest BCUT2D eigenvalue weighted by Gasteiger charge is 2.16. The third kappa shape index (κ3) is 1.38. The molecule has 4 aromatic heterocycles. The predicted octanol–water partition coefficient (Wildman–Crippen LogP) is 6.52. The summed E-state index contributed by atoms with van der Waals surface area (Å²) >= 11 is 7.80. The molecule has 0 aromatic carbocycles. The van der Waals surface area contributed by atoms with E-state index in [9.17, 15) is 0 Å². The van der Waals surface area contributed by atoms with E-state index in [1.165, 1.54) is 33.1 Å². The van der Waals surface area contributed by atoms with E-state index in [2.05, 4.69) is 31.4 Å². The van der Waals surface area contributed by atoms with Crippen molar-refractivity contribution in [1.82, 2.24) is 0 Å². The molecular formula is C13H10S4. The van der Waals surface area contributed by atoms with Gasteiger partial charge in [0.1, 0.15) is 0 Å². The monoisotopic (exact) mass is 294 g/mol. The summed E-state index contributed by atoms with van der Waals surface area (Å²) in [7, 11) is 0. The number of hydrogen-bond acceptors (Lipinski definition) is 4. The molecule has 0 aliphatic rings. The molecule has 0 aliphatic heterocycles. The lowest BCUT2D eigenvalue weighted by Crippen LogP contribution is -1.77. The minimum Gasteiger partial charge on any atom is -0.141 e. The topological polar surface area (TPSA) is 0 Å². The van der Waals surface area contributed by atoms with Gasteiger partial charge in [0, 0.05) is 14.3 Å². The van der Waals surface area contributed by atoms with Crippen molar-refractivity contribution in [3.63, 3.8) is 0 Å². The highest BCUT2D eigenvalue weighted by molar-refractivity contribution is 7.44. The molecular weight excluding hydrogens is 284 g/mol. The van der Waals surface area contributed by atoms with Crippen molar-refractivity contribution < 1.29 is 0 Å². The van der Waals surface area contributed by atoms with E-state index in [4.69, 9.17) is 0 Å². The Morgan fingerprint density at radius 1 is 0.882 bits per heavy atom. The van der Waals surface area contributed by atoms with Crippen LogP contribution in [0.2, 0.25) is 0 Å². The zero-order chi connectivity index (χ0) is 11.6. The van der Waals surface area contributed by atoms with Crippen molar-refractivity contribution in [1.29, 1.82) is 0 Å². The Kier molecular flexibility index (Phi) is 2.19. The average Bonchev–Trinajstić information content (AvgIpc) is 2.93. The quantitative estimate of drug-likeness (QED) is 0.375. The summed E-state index contributed by atoms with van der Waals surface area (Å²) < 4.78 is 8.97. The fourth-order valence-electron chi connectivity index (χ4n) is 2.07. The first-order chi connectivity index (χ1) is 8.24. The van der Waals surface area contributed by atoms with Crippen molar-refractivity contribution >= 4 is 73.5 Å². The zero-order valence-electron chi connectivity index (χ0n) is 9.44. The molecule has 4 rings (SSSR count). The van der Waals surface area contributed by atoms with Crippen LogP contribution in [0.1, 0.15) is 24.6 Å². The van der Waals surface area contributed by atoms with Gasteiger partial charge >= 0.3 is 0 Å². The first-order valence-corrected chi connectivity index (χ1v) is 8.89. The normalized spacial score (nSPS) is 12.6. The third-order valence-electron chi connectivity index (χ3n) is 2.96. The molecule has 0 N–H and O–H groups in total. The Morgan fingerprint density at radius 3 is 2.47 bits per heavy atom. The summed E-state index contributed by atoms with van der Waals surface area (Å²) in [6.07, 6.45) is 0. The number of hydrogen-bond donors (Lipinski definition) is 0. The second-order valence-corrected chi connectivity index (χ2v) is 8.58. The smallest absolute Gasteiger partial charge is 0.0650 e. The lowest BCUT2D eigenvalue weighted by Gasteiger charge is -1.96. The van der Waals surface area contributed by atoms with Gasteiger partial charge in [-0.05, 0) is 23.4 Å². The predicted molar refractivity (Wildman–Crippen MR) is 84.6 cm³/mol. The molecule has 17 heavy (non-hydrogen) atoms. The molecule has 0 radical (unpaired) electrons. The molecule has 4 heteroatoms. The van der Waals surface area contributed by atoms with Gasteiger partial charge in [-0.1, -0.05) is 13.8 Å². The van der Waals surface area contributed by atoms with E-state index in [0.717, 1.165) is 0 Å². The molecule has 0 unspecified atom stereocenters. The fraction of sp³-hybridized carbons (Fsp3) is 0.231. The molecule has 0 atom stereocenters. The van der Waals surface area contributed by atoms with E-state index in [1.807, 2.05) is 45.3 Å². The highest BCUT2D eigenvalue weighted by Crippen LogP contribution is 2.49. The molecule has 0 aliphatic carbocycles. The fourth-order valence-corrected chi connectivity index (χ4v) is 7.46. The largest absolute Gasteiger partial charge is 0.141 e. The molecule has 0 nitrogen and oxygen atoms in total. The van der Waals surface area contributed by atoms with Crippen LogP contribution in [0.4, 0.5) is 0 Å². The second kappa shape index (κ2) is 3.54. The minimum atomic E-state index is 0.649. The zero-order valence-corrected chi connectivity index (χ0v) is 12.7. The molecule has 0 fully saturated rings. The SMILES string of the molecule is CC(C)c1cc2sc3c4sccc4sc3c2s1. The van der Waals surface area contributed by atoms with Crippen molar-refractivity contribution in [3.8, 4) is 0 Å². The van der Waals surface area contributed by atoms with E-state index < -0.39 is 0 Å². The van der Waals surface area contributed by atoms with Gasteiger partial charge in [-0.2, -0.15) is 0 Å². The molecule has 0 amide bonds. The summed E-state index contributed by atoms with van der Waals surface area (Å²) in [6, 6.07) is 4.64. The second-order valence-electron chi connectivity index (χ2n) is 4.47. The first kappa shape index (κ1) is 10.5. The van der Waals surface area contributed by atoms with Gasteiger partial charge in [-0.3, -0.25) is 0 Å². The number of fused-ring (bicyclic) bond motifs is 5. The summed E-state index contributed by atoms with van der Waals surface area (Å²) in [5, 5.41) is 2.20. The maximum atomic E-state index is 2.39. The van der Waals surface area contributed by atoms with Crippen molar-refractivity contribution in [2.45, 2.75) is 19.8 Å². The first-order valence-electron chi connectivity index (χ1n) is 5.56. The maximum absolute atomic E-state index is 2.39. The van der Waals surface area contributed by atoms with Crippen LogP contribution in [-0.2, 0) is 0 Å². The van der Waals surface area contributed by atoms with Crippen LogP contribution in [0.25, 0.3) is 28.2 Å². The molecule has 4 heterocycles. The van der Waals surface area contributed by atoms with Gasteiger partial charge in [0.05, 0.1) is 18.8 Å². The molecule has 0 saturated heterocycles. The van der Waals surface area contributed by atoms with E-state index in [1.54, 1.807) is 0 Å². The lowest BCUT2D eigenvalue weighted by molar-refractivity contribution is 0.891. The summed E-state index contributed by atoms with van der Waals surface area (Å²) in [5.41, 5.74) is 0. The molecule has 0 saturated carbocycles. The molecule has 0 spiro atoms. The van der Waals surface area contributed by atoms with Crippen molar-refractivity contribution in [2.24, 2.45) is 0 Å². The van der Waals surface area contributed by atoms with Crippen LogP contribution >= 0.6 is 45.3 Å². The van der Waals surface area contributed by atoms with E-state index in [-0.39, 0.29) is 0 Å². The van der Waals surface area contributed by atoms with E-state index >= 15 is 0 Å². The Bertz CT molecular complexity index is 822. The Hall–Kier alpha value is -0.420. The van der Waals surface area contributed by atoms with Gasteiger partial charge in [0.15, 0.2) is 0 Å². The average molecular weight is 294 g/mol. The maximum Gasteiger partial charge on any atom is 0.0650 e. The van der Waals surface area contributed by atoms with Gasteiger partial charge in [0.2, 0.25) is 0 Å². The van der Waals surface area contributed by atoms with Crippen LogP contribution in [0.5, 0.6) is 0 Å². The molecule has 4 aromatic rings. The number of rotatable bonds is 1. The van der Waals surface area contributed by atoms with Crippen LogP contribution in [-0.4, -0.2) is 0 Å². The Morgan fingerprint density at radius 2 is 1.65 bits per heavy atom. The van der Waals surface area contributed by atoms with Crippen LogP contribution in [0.15, 0.2) is 17.5 Å². The van der Waals surface area contributed by atoms with E-state index in [0.29, 0.717) is 5.92 Å². The summed E-state index contributed by atoms with van der Waals surface area (Å²) in [4.78, 5) is 1.52. The Labute approximate surface area is 115 Å². The Balaban J connectivity index is 2.15. The van der Waals surface area contributed by atoms with Crippen molar-refractivity contribution in [2.75, 3.05) is 0 Å². The van der Waals surface area contributed by atoms with Gasteiger partial charge < -0.3 is 0 Å².